The van der Waals surface area contributed by atoms with Crippen LogP contribution < -0.4 is 16.0 Å². The number of carbonyl (C=O) groups is 1. The van der Waals surface area contributed by atoms with Crippen LogP contribution in [-0.2, 0) is 6.67 Å². The Bertz CT molecular complexity index is 1810. The maximum atomic E-state index is 13.2. The van der Waals surface area contributed by atoms with Gasteiger partial charge in [-0.2, -0.15) is 0 Å². The molecule has 10 nitrogen and oxygen atoms in total. The van der Waals surface area contributed by atoms with E-state index in [1.807, 2.05) is 60.9 Å². The molecule has 0 saturated carbocycles. The molecule has 2 aromatic heterocycles. The molecule has 1 aliphatic rings. The van der Waals surface area contributed by atoms with Crippen molar-refractivity contribution in [2.45, 2.75) is 20.5 Å². The summed E-state index contributed by atoms with van der Waals surface area (Å²) < 4.78 is 15.2. The highest BCUT2D eigenvalue weighted by Crippen LogP contribution is 2.31. The molecule has 0 spiro atoms. The number of alkyl halides is 1. The second-order valence-electron chi connectivity index (χ2n) is 11.4. The van der Waals surface area contributed by atoms with Gasteiger partial charge in [-0.05, 0) is 68.4 Å². The molecule has 11 heteroatoms. The predicted octanol–water partition coefficient (Wildman–Crippen LogP) is 5.56. The van der Waals surface area contributed by atoms with Crippen LogP contribution in [0.4, 0.5) is 27.5 Å². The SMILES string of the molecule is Cc1ccc(NC(=O)c2cccc(CF)c2)cc1Nc1nc2ccccc2n1-c1ncnc(NCCN2CCN(C)CC2)c1C. The molecule has 1 fully saturated rings. The summed E-state index contributed by atoms with van der Waals surface area (Å²) in [5, 5.41) is 9.96. The number of aryl methyl sites for hydroxylation is 1. The number of amides is 1. The fraction of sp³-hybridized carbons (Fsp3) is 0.294. The van der Waals surface area contributed by atoms with Crippen LogP contribution >= 0.6 is 0 Å². The molecule has 1 amide bonds. The van der Waals surface area contributed by atoms with Crippen LogP contribution in [-0.4, -0.2) is 81.5 Å². The zero-order valence-corrected chi connectivity index (χ0v) is 25.8. The van der Waals surface area contributed by atoms with E-state index < -0.39 is 6.67 Å². The second-order valence-corrected chi connectivity index (χ2v) is 11.4. The maximum absolute atomic E-state index is 13.2. The average Bonchev–Trinajstić information content (AvgIpc) is 3.42. The Labute approximate surface area is 262 Å². The number of para-hydroxylation sites is 2. The standard InChI is InChI=1S/C34H38FN9O/c1-23-11-12-27(39-33(45)26-8-6-7-25(19-26)21-35)20-29(23)41-34-40-28-9-4-5-10-30(28)44(34)32-24(2)31(37-22-38-32)36-13-14-43-17-15-42(3)16-18-43/h4-12,19-20,22H,13-18,21H2,1-3H3,(H,39,45)(H,40,41)(H,36,37,38). The summed E-state index contributed by atoms with van der Waals surface area (Å²) in [6, 6.07) is 20.1. The van der Waals surface area contributed by atoms with Gasteiger partial charge in [0, 0.05) is 61.8 Å². The number of fused-ring (bicyclic) bond motifs is 1. The lowest BCUT2D eigenvalue weighted by molar-refractivity contribution is 0.102. The fourth-order valence-electron chi connectivity index (χ4n) is 5.53. The van der Waals surface area contributed by atoms with Gasteiger partial charge in [-0.3, -0.25) is 14.3 Å². The van der Waals surface area contributed by atoms with Gasteiger partial charge in [0.15, 0.2) is 0 Å². The molecule has 3 aromatic carbocycles. The molecule has 6 rings (SSSR count). The topological polar surface area (TPSA) is 103 Å². The van der Waals surface area contributed by atoms with Crippen LogP contribution in [0.25, 0.3) is 16.9 Å². The Morgan fingerprint density at radius 1 is 0.956 bits per heavy atom. The summed E-state index contributed by atoms with van der Waals surface area (Å²) in [6.07, 6.45) is 1.58. The monoisotopic (exact) mass is 607 g/mol. The van der Waals surface area contributed by atoms with Gasteiger partial charge >= 0.3 is 0 Å². The minimum Gasteiger partial charge on any atom is -0.368 e. The Hall–Kier alpha value is -4.87. The molecular formula is C34H38FN9O. The van der Waals surface area contributed by atoms with E-state index >= 15 is 0 Å². The largest absolute Gasteiger partial charge is 0.368 e. The van der Waals surface area contributed by atoms with Gasteiger partial charge in [-0.15, -0.1) is 0 Å². The summed E-state index contributed by atoms with van der Waals surface area (Å²) in [6.45, 7) is 9.42. The average molecular weight is 608 g/mol. The van der Waals surface area contributed by atoms with Gasteiger partial charge < -0.3 is 20.9 Å². The highest BCUT2D eigenvalue weighted by Gasteiger charge is 2.19. The molecule has 0 unspecified atom stereocenters. The van der Waals surface area contributed by atoms with E-state index in [0.717, 1.165) is 78.8 Å². The van der Waals surface area contributed by atoms with Crippen molar-refractivity contribution in [1.29, 1.82) is 0 Å². The molecule has 232 valence electrons. The van der Waals surface area contributed by atoms with Gasteiger partial charge in [0.1, 0.15) is 24.6 Å². The van der Waals surface area contributed by atoms with Crippen molar-refractivity contribution < 1.29 is 9.18 Å². The number of piperazine rings is 1. The van der Waals surface area contributed by atoms with Crippen LogP contribution in [0.15, 0.2) is 73.1 Å². The first-order valence-electron chi connectivity index (χ1n) is 15.2. The lowest BCUT2D eigenvalue weighted by Crippen LogP contribution is -2.45. The first-order chi connectivity index (χ1) is 21.9. The molecule has 1 saturated heterocycles. The van der Waals surface area contributed by atoms with Gasteiger partial charge in [-0.1, -0.05) is 30.3 Å². The van der Waals surface area contributed by atoms with Crippen LogP contribution in [0.1, 0.15) is 27.0 Å². The van der Waals surface area contributed by atoms with Crippen LogP contribution in [0.2, 0.25) is 0 Å². The van der Waals surface area contributed by atoms with E-state index in [1.165, 1.54) is 0 Å². The number of anilines is 4. The van der Waals surface area contributed by atoms with E-state index in [-0.39, 0.29) is 5.91 Å². The van der Waals surface area contributed by atoms with Crippen molar-refractivity contribution >= 4 is 40.1 Å². The number of benzene rings is 3. The first kappa shape index (κ1) is 30.2. The first-order valence-corrected chi connectivity index (χ1v) is 15.2. The van der Waals surface area contributed by atoms with E-state index in [9.17, 15) is 9.18 Å². The molecule has 45 heavy (non-hydrogen) atoms. The van der Waals surface area contributed by atoms with Gasteiger partial charge in [-0.25, -0.2) is 19.3 Å². The van der Waals surface area contributed by atoms with Crippen molar-refractivity contribution in [1.82, 2.24) is 29.3 Å². The van der Waals surface area contributed by atoms with E-state index in [1.54, 1.807) is 30.6 Å². The molecule has 0 aliphatic carbocycles. The number of hydrogen-bond acceptors (Lipinski definition) is 8. The van der Waals surface area contributed by atoms with Crippen molar-refractivity contribution in [2.24, 2.45) is 0 Å². The van der Waals surface area contributed by atoms with E-state index in [4.69, 9.17) is 9.97 Å². The summed E-state index contributed by atoms with van der Waals surface area (Å²) in [4.78, 5) is 32.0. The number of imidazole rings is 1. The summed E-state index contributed by atoms with van der Waals surface area (Å²) in [5.74, 6) is 1.79. The third-order valence-corrected chi connectivity index (χ3v) is 8.23. The molecule has 0 bridgehead atoms. The van der Waals surface area contributed by atoms with Crippen LogP contribution in [0, 0.1) is 13.8 Å². The second kappa shape index (κ2) is 13.4. The van der Waals surface area contributed by atoms with Gasteiger partial charge in [0.05, 0.1) is 11.0 Å². The third kappa shape index (κ3) is 6.79. The summed E-state index contributed by atoms with van der Waals surface area (Å²) in [5.41, 5.74) is 5.84. The highest BCUT2D eigenvalue weighted by molar-refractivity contribution is 6.04. The number of aromatic nitrogens is 4. The van der Waals surface area contributed by atoms with Crippen LogP contribution in [0.3, 0.4) is 0 Å². The number of likely N-dealkylation sites (N-methyl/N-ethyl adjacent to an activating group) is 1. The van der Waals surface area contributed by atoms with E-state index in [0.29, 0.717) is 22.8 Å². The van der Waals surface area contributed by atoms with E-state index in [2.05, 4.69) is 37.8 Å². The zero-order chi connectivity index (χ0) is 31.3. The number of halogens is 1. The Kier molecular flexibility index (Phi) is 8.99. The molecule has 3 heterocycles. The quantitative estimate of drug-likeness (QED) is 0.190. The smallest absolute Gasteiger partial charge is 0.255 e. The number of carbonyl (C=O) groups excluding carboxylic acids is 1. The summed E-state index contributed by atoms with van der Waals surface area (Å²) in [7, 11) is 2.16. The van der Waals surface area contributed by atoms with Crippen molar-refractivity contribution in [2.75, 3.05) is 62.3 Å². The Morgan fingerprint density at radius 2 is 1.78 bits per heavy atom. The molecule has 0 radical (unpaired) electrons. The van der Waals surface area contributed by atoms with Crippen molar-refractivity contribution in [3.05, 3.63) is 95.3 Å². The van der Waals surface area contributed by atoms with Crippen molar-refractivity contribution in [3.63, 3.8) is 0 Å². The maximum Gasteiger partial charge on any atom is 0.255 e. The predicted molar refractivity (Wildman–Crippen MR) is 177 cm³/mol. The fourth-order valence-corrected chi connectivity index (χ4v) is 5.53. The molecule has 3 N–H and O–H groups in total. The molecular weight excluding hydrogens is 569 g/mol. The lowest BCUT2D eigenvalue weighted by Gasteiger charge is -2.32. The minimum atomic E-state index is -0.624. The summed E-state index contributed by atoms with van der Waals surface area (Å²) >= 11 is 0. The van der Waals surface area contributed by atoms with Crippen LogP contribution in [0.5, 0.6) is 0 Å². The molecule has 0 atom stereocenters. The van der Waals surface area contributed by atoms with Gasteiger partial charge in [0.25, 0.3) is 5.91 Å². The number of rotatable bonds is 10. The highest BCUT2D eigenvalue weighted by atomic mass is 19.1. The zero-order valence-electron chi connectivity index (χ0n) is 25.8. The Balaban J connectivity index is 1.26. The lowest BCUT2D eigenvalue weighted by atomic mass is 10.1. The molecule has 1 aliphatic heterocycles. The normalized spacial score (nSPS) is 14.0. The Morgan fingerprint density at radius 3 is 2.60 bits per heavy atom. The van der Waals surface area contributed by atoms with Crippen molar-refractivity contribution in [3.8, 4) is 5.82 Å². The number of nitrogens with zero attached hydrogens (tertiary/aromatic N) is 6. The number of nitrogens with one attached hydrogen (secondary N) is 3. The van der Waals surface area contributed by atoms with Gasteiger partial charge in [0.2, 0.25) is 5.95 Å². The minimum absolute atomic E-state index is 0.309. The third-order valence-electron chi connectivity index (χ3n) is 8.23. The molecule has 5 aromatic rings. The number of hydrogen-bond donors (Lipinski definition) is 3.